The SMILES string of the molecule is CCCCCCCCCF. The second-order valence-electron chi connectivity index (χ2n) is 2.81. The quantitative estimate of drug-likeness (QED) is 0.480. The highest BCUT2D eigenvalue weighted by Gasteiger charge is 1.88. The molecule has 0 saturated heterocycles. The summed E-state index contributed by atoms with van der Waals surface area (Å²) in [5.74, 6) is 0. The second kappa shape index (κ2) is 8.93. The van der Waals surface area contributed by atoms with Crippen molar-refractivity contribution < 1.29 is 4.39 Å². The summed E-state index contributed by atoms with van der Waals surface area (Å²) in [6, 6.07) is 0. The Bertz CT molecular complexity index is 44.7. The fourth-order valence-corrected chi connectivity index (χ4v) is 1.05. The lowest BCUT2D eigenvalue weighted by atomic mass is 10.1. The maximum absolute atomic E-state index is 11.6. The van der Waals surface area contributed by atoms with Crippen molar-refractivity contribution in [2.24, 2.45) is 0 Å². The van der Waals surface area contributed by atoms with E-state index in [9.17, 15) is 4.39 Å². The van der Waals surface area contributed by atoms with Gasteiger partial charge in [-0.05, 0) is 6.42 Å². The molecule has 0 radical (unpaired) electrons. The van der Waals surface area contributed by atoms with E-state index in [2.05, 4.69) is 6.92 Å². The summed E-state index contributed by atoms with van der Waals surface area (Å²) in [5, 5.41) is 0. The lowest BCUT2D eigenvalue weighted by Crippen LogP contribution is -1.80. The van der Waals surface area contributed by atoms with Crippen LogP contribution in [0.1, 0.15) is 51.9 Å². The van der Waals surface area contributed by atoms with Crippen LogP contribution < -0.4 is 0 Å². The molecule has 0 aliphatic rings. The summed E-state index contributed by atoms with van der Waals surface area (Å²) in [4.78, 5) is 0. The molecule has 0 saturated carbocycles. The first-order valence-corrected chi connectivity index (χ1v) is 4.47. The molecule has 0 rings (SSSR count). The molecule has 0 atom stereocenters. The molecule has 0 aromatic carbocycles. The molecule has 0 N–H and O–H groups in total. The van der Waals surface area contributed by atoms with Crippen molar-refractivity contribution in [3.63, 3.8) is 0 Å². The Morgan fingerprint density at radius 2 is 1.30 bits per heavy atom. The van der Waals surface area contributed by atoms with Gasteiger partial charge >= 0.3 is 0 Å². The first kappa shape index (κ1) is 9.93. The Hall–Kier alpha value is -0.0700. The highest BCUT2D eigenvalue weighted by atomic mass is 19.1. The van der Waals surface area contributed by atoms with Crippen LogP contribution in [0.25, 0.3) is 0 Å². The Kier molecular flexibility index (Phi) is 8.87. The van der Waals surface area contributed by atoms with Crippen molar-refractivity contribution in [3.8, 4) is 0 Å². The van der Waals surface area contributed by atoms with Crippen LogP contribution in [-0.4, -0.2) is 6.67 Å². The summed E-state index contributed by atoms with van der Waals surface area (Å²) in [6.45, 7) is 2.08. The Morgan fingerprint density at radius 1 is 0.800 bits per heavy atom. The number of rotatable bonds is 7. The Morgan fingerprint density at radius 3 is 1.80 bits per heavy atom. The van der Waals surface area contributed by atoms with Gasteiger partial charge < -0.3 is 0 Å². The van der Waals surface area contributed by atoms with E-state index in [4.69, 9.17) is 0 Å². The summed E-state index contributed by atoms with van der Waals surface area (Å²) in [7, 11) is 0. The van der Waals surface area contributed by atoms with Crippen molar-refractivity contribution in [1.29, 1.82) is 0 Å². The predicted octanol–water partition coefficient (Wildman–Crippen LogP) is 3.71. The average molecular weight is 146 g/mol. The number of unbranched alkanes of at least 4 members (excludes halogenated alkanes) is 6. The molecule has 0 bridgehead atoms. The van der Waals surface area contributed by atoms with E-state index in [0.29, 0.717) is 0 Å². The normalized spacial score (nSPS) is 10.2. The zero-order valence-corrected chi connectivity index (χ0v) is 7.03. The average Bonchev–Trinajstić information content (AvgIpc) is 1.97. The molecule has 0 aromatic heterocycles. The minimum Gasteiger partial charge on any atom is -0.251 e. The minimum atomic E-state index is -0.131. The largest absolute Gasteiger partial charge is 0.251 e. The molecule has 0 unspecified atom stereocenters. The van der Waals surface area contributed by atoms with E-state index in [1.807, 2.05) is 0 Å². The van der Waals surface area contributed by atoms with Crippen molar-refractivity contribution >= 4 is 0 Å². The van der Waals surface area contributed by atoms with Crippen LogP contribution in [0.5, 0.6) is 0 Å². The predicted molar refractivity (Wildman–Crippen MR) is 44.0 cm³/mol. The van der Waals surface area contributed by atoms with Crippen molar-refractivity contribution in [1.82, 2.24) is 0 Å². The fraction of sp³-hybridized carbons (Fsp3) is 1.00. The third-order valence-corrected chi connectivity index (χ3v) is 1.74. The summed E-state index contributed by atoms with van der Waals surface area (Å²) in [6.07, 6.45) is 8.35. The Balaban J connectivity index is 2.65. The minimum absolute atomic E-state index is 0.131. The zero-order valence-electron chi connectivity index (χ0n) is 7.03. The molecule has 0 spiro atoms. The fourth-order valence-electron chi connectivity index (χ4n) is 1.05. The third kappa shape index (κ3) is 7.93. The van der Waals surface area contributed by atoms with E-state index in [-0.39, 0.29) is 6.67 Å². The van der Waals surface area contributed by atoms with Gasteiger partial charge in [-0.3, -0.25) is 4.39 Å². The van der Waals surface area contributed by atoms with Gasteiger partial charge in [0.2, 0.25) is 0 Å². The van der Waals surface area contributed by atoms with Crippen LogP contribution in [0.15, 0.2) is 0 Å². The van der Waals surface area contributed by atoms with Crippen LogP contribution in [0, 0.1) is 0 Å². The van der Waals surface area contributed by atoms with E-state index in [1.54, 1.807) is 0 Å². The first-order chi connectivity index (χ1) is 4.91. The molecular formula is C9H19F. The maximum atomic E-state index is 11.6. The lowest BCUT2D eigenvalue weighted by Gasteiger charge is -1.96. The molecular weight excluding hydrogens is 127 g/mol. The van der Waals surface area contributed by atoms with Gasteiger partial charge in [0.1, 0.15) is 0 Å². The number of hydrogen-bond donors (Lipinski definition) is 0. The smallest absolute Gasteiger partial charge is 0.0894 e. The summed E-state index contributed by atoms with van der Waals surface area (Å²) in [5.41, 5.74) is 0. The van der Waals surface area contributed by atoms with Gasteiger partial charge in [0.15, 0.2) is 0 Å². The standard InChI is InChI=1S/C9H19F/c1-2-3-4-5-6-7-8-9-10/h2-9H2,1H3. The Labute approximate surface area is 63.8 Å². The maximum Gasteiger partial charge on any atom is 0.0894 e. The van der Waals surface area contributed by atoms with Crippen LogP contribution in [-0.2, 0) is 0 Å². The second-order valence-corrected chi connectivity index (χ2v) is 2.81. The van der Waals surface area contributed by atoms with Crippen molar-refractivity contribution in [3.05, 3.63) is 0 Å². The highest BCUT2D eigenvalue weighted by Crippen LogP contribution is 2.06. The van der Waals surface area contributed by atoms with Crippen LogP contribution in [0.2, 0.25) is 0 Å². The van der Waals surface area contributed by atoms with Gasteiger partial charge in [-0.1, -0.05) is 45.4 Å². The molecule has 0 nitrogen and oxygen atoms in total. The van der Waals surface area contributed by atoms with Gasteiger partial charge in [-0.25, -0.2) is 0 Å². The zero-order chi connectivity index (χ0) is 7.66. The van der Waals surface area contributed by atoms with Crippen LogP contribution in [0.3, 0.4) is 0 Å². The molecule has 10 heavy (non-hydrogen) atoms. The molecule has 0 aliphatic carbocycles. The molecule has 0 aromatic rings. The molecule has 1 heteroatoms. The lowest BCUT2D eigenvalue weighted by molar-refractivity contribution is 0.450. The van der Waals surface area contributed by atoms with Gasteiger partial charge in [0.05, 0.1) is 6.67 Å². The van der Waals surface area contributed by atoms with Gasteiger partial charge in [0, 0.05) is 0 Å². The summed E-state index contributed by atoms with van der Waals surface area (Å²) >= 11 is 0. The highest BCUT2D eigenvalue weighted by molar-refractivity contribution is 4.43. The monoisotopic (exact) mass is 146 g/mol. The topological polar surface area (TPSA) is 0 Å². The van der Waals surface area contributed by atoms with Crippen molar-refractivity contribution in [2.45, 2.75) is 51.9 Å². The molecule has 62 valence electrons. The van der Waals surface area contributed by atoms with E-state index < -0.39 is 0 Å². The number of halogens is 1. The third-order valence-electron chi connectivity index (χ3n) is 1.74. The first-order valence-electron chi connectivity index (χ1n) is 4.47. The number of alkyl halides is 1. The van der Waals surface area contributed by atoms with E-state index in [0.717, 1.165) is 12.8 Å². The van der Waals surface area contributed by atoms with Crippen LogP contribution in [0.4, 0.5) is 4.39 Å². The molecule has 0 amide bonds. The molecule has 0 aliphatic heterocycles. The molecule has 0 fully saturated rings. The summed E-state index contributed by atoms with van der Waals surface area (Å²) < 4.78 is 11.6. The molecule has 0 heterocycles. The van der Waals surface area contributed by atoms with Gasteiger partial charge in [-0.2, -0.15) is 0 Å². The van der Waals surface area contributed by atoms with Crippen molar-refractivity contribution in [2.75, 3.05) is 6.67 Å². The van der Waals surface area contributed by atoms with Crippen LogP contribution >= 0.6 is 0 Å². The van der Waals surface area contributed by atoms with Gasteiger partial charge in [-0.15, -0.1) is 0 Å². The van der Waals surface area contributed by atoms with E-state index >= 15 is 0 Å². The van der Waals surface area contributed by atoms with Gasteiger partial charge in [0.25, 0.3) is 0 Å². The number of hydrogen-bond acceptors (Lipinski definition) is 0. The van der Waals surface area contributed by atoms with E-state index in [1.165, 1.54) is 32.1 Å².